The van der Waals surface area contributed by atoms with Gasteiger partial charge < -0.3 is 5.32 Å². The van der Waals surface area contributed by atoms with Crippen molar-refractivity contribution in [2.75, 3.05) is 0 Å². The summed E-state index contributed by atoms with van der Waals surface area (Å²) < 4.78 is 0. The van der Waals surface area contributed by atoms with Crippen LogP contribution in [0.4, 0.5) is 0 Å². The van der Waals surface area contributed by atoms with Gasteiger partial charge in [-0.25, -0.2) is 0 Å². The maximum Gasteiger partial charge on any atom is 0.0445 e. The molecule has 1 heterocycles. The summed E-state index contributed by atoms with van der Waals surface area (Å²) >= 11 is 0. The molecule has 0 aromatic heterocycles. The molecular formula is C25H33N. The van der Waals surface area contributed by atoms with Gasteiger partial charge in [-0.3, -0.25) is 0 Å². The number of allylic oxidation sites excluding steroid dienone is 6. The first-order chi connectivity index (χ1) is 12.6. The Balaban J connectivity index is 1.67. The van der Waals surface area contributed by atoms with Crippen molar-refractivity contribution in [2.24, 2.45) is 11.8 Å². The molecule has 1 unspecified atom stereocenters. The molecule has 1 atom stereocenters. The van der Waals surface area contributed by atoms with Crippen LogP contribution < -0.4 is 5.32 Å². The predicted molar refractivity (Wildman–Crippen MR) is 115 cm³/mol. The molecule has 1 nitrogen and oxygen atoms in total. The Morgan fingerprint density at radius 3 is 2.42 bits per heavy atom. The van der Waals surface area contributed by atoms with E-state index in [1.165, 1.54) is 53.5 Å². The van der Waals surface area contributed by atoms with Gasteiger partial charge in [-0.1, -0.05) is 81.7 Å². The second-order valence-electron chi connectivity index (χ2n) is 8.14. The van der Waals surface area contributed by atoms with Gasteiger partial charge >= 0.3 is 0 Å². The van der Waals surface area contributed by atoms with Crippen molar-refractivity contribution >= 4 is 11.1 Å². The SMILES string of the molecule is C/C=C(\C(C)=C/C(C)C)c1ccc(C2=CNC(CC3CCC3)C=C2)cc1. The lowest BCUT2D eigenvalue weighted by molar-refractivity contribution is 0.280. The topological polar surface area (TPSA) is 12.0 Å². The zero-order valence-corrected chi connectivity index (χ0v) is 16.8. The van der Waals surface area contributed by atoms with Crippen molar-refractivity contribution in [3.8, 4) is 0 Å². The van der Waals surface area contributed by atoms with E-state index in [1.54, 1.807) is 0 Å². The Hall–Kier alpha value is -2.02. The highest BCUT2D eigenvalue weighted by molar-refractivity contribution is 5.80. The number of nitrogens with one attached hydrogen (secondary N) is 1. The van der Waals surface area contributed by atoms with E-state index in [2.05, 4.69) is 87.8 Å². The zero-order chi connectivity index (χ0) is 18.5. The van der Waals surface area contributed by atoms with E-state index in [4.69, 9.17) is 0 Å². The van der Waals surface area contributed by atoms with Gasteiger partial charge in [0.05, 0.1) is 0 Å². The molecule has 2 aliphatic rings. The van der Waals surface area contributed by atoms with Gasteiger partial charge in [0.2, 0.25) is 0 Å². The first-order valence-electron chi connectivity index (χ1n) is 10.2. The van der Waals surface area contributed by atoms with E-state index in [1.807, 2.05) is 0 Å². The summed E-state index contributed by atoms with van der Waals surface area (Å²) in [6, 6.07) is 9.49. The van der Waals surface area contributed by atoms with Crippen molar-refractivity contribution in [1.29, 1.82) is 0 Å². The molecule has 26 heavy (non-hydrogen) atoms. The Kier molecular flexibility index (Phi) is 6.19. The van der Waals surface area contributed by atoms with Crippen LogP contribution in [-0.2, 0) is 0 Å². The molecular weight excluding hydrogens is 314 g/mol. The van der Waals surface area contributed by atoms with Crippen LogP contribution in [0.1, 0.15) is 64.5 Å². The fraction of sp³-hybridized carbons (Fsp3) is 0.440. The predicted octanol–water partition coefficient (Wildman–Crippen LogP) is 6.75. The van der Waals surface area contributed by atoms with Gasteiger partial charge in [-0.2, -0.15) is 0 Å². The van der Waals surface area contributed by atoms with Crippen molar-refractivity contribution in [1.82, 2.24) is 5.32 Å². The molecule has 1 N–H and O–H groups in total. The van der Waals surface area contributed by atoms with Gasteiger partial charge in [0.25, 0.3) is 0 Å². The first-order valence-corrected chi connectivity index (χ1v) is 10.2. The van der Waals surface area contributed by atoms with Crippen molar-refractivity contribution < 1.29 is 0 Å². The minimum Gasteiger partial charge on any atom is -0.384 e. The minimum absolute atomic E-state index is 0.516. The highest BCUT2D eigenvalue weighted by Crippen LogP contribution is 2.32. The fourth-order valence-electron chi connectivity index (χ4n) is 3.99. The van der Waals surface area contributed by atoms with Crippen LogP contribution >= 0.6 is 0 Å². The molecule has 0 amide bonds. The van der Waals surface area contributed by atoms with Crippen LogP contribution in [0.5, 0.6) is 0 Å². The normalized spacial score (nSPS) is 21.4. The summed E-state index contributed by atoms with van der Waals surface area (Å²) in [5.74, 6) is 1.51. The number of benzene rings is 1. The molecule has 0 saturated heterocycles. The molecule has 0 radical (unpaired) electrons. The Morgan fingerprint density at radius 1 is 1.19 bits per heavy atom. The summed E-state index contributed by atoms with van der Waals surface area (Å²) in [6.07, 6.45) is 16.9. The Morgan fingerprint density at radius 2 is 1.92 bits per heavy atom. The van der Waals surface area contributed by atoms with Gasteiger partial charge in [0, 0.05) is 12.2 Å². The molecule has 0 spiro atoms. The van der Waals surface area contributed by atoms with Gasteiger partial charge in [-0.15, -0.1) is 0 Å². The summed E-state index contributed by atoms with van der Waals surface area (Å²) in [5, 5.41) is 3.59. The van der Waals surface area contributed by atoms with E-state index < -0.39 is 0 Å². The molecule has 0 bridgehead atoms. The second-order valence-corrected chi connectivity index (χ2v) is 8.14. The average molecular weight is 348 g/mol. The molecule has 138 valence electrons. The standard InChI is InChI=1S/C25H33N/c1-5-25(19(4)15-18(2)3)22-11-9-21(10-12-22)23-13-14-24(26-17-23)16-20-7-6-8-20/h5,9-15,17-18,20,24,26H,6-8,16H2,1-4H3/b19-15-,25-5+. The number of hydrogen-bond acceptors (Lipinski definition) is 1. The largest absolute Gasteiger partial charge is 0.384 e. The second kappa shape index (κ2) is 8.58. The maximum absolute atomic E-state index is 3.59. The van der Waals surface area contributed by atoms with E-state index in [0.717, 1.165) is 5.92 Å². The molecule has 1 aliphatic heterocycles. The summed E-state index contributed by atoms with van der Waals surface area (Å²) in [4.78, 5) is 0. The maximum atomic E-state index is 3.59. The van der Waals surface area contributed by atoms with Crippen LogP contribution in [0, 0.1) is 11.8 Å². The van der Waals surface area contributed by atoms with Crippen LogP contribution in [0.15, 0.2) is 60.3 Å². The lowest BCUT2D eigenvalue weighted by Crippen LogP contribution is -2.29. The molecule has 1 aromatic carbocycles. The van der Waals surface area contributed by atoms with Crippen molar-refractivity contribution in [3.05, 3.63) is 71.5 Å². The number of rotatable bonds is 6. The molecule has 1 heteroatoms. The zero-order valence-electron chi connectivity index (χ0n) is 16.8. The highest BCUT2D eigenvalue weighted by atomic mass is 14.9. The summed E-state index contributed by atoms with van der Waals surface area (Å²) in [6.45, 7) is 8.79. The van der Waals surface area contributed by atoms with Crippen LogP contribution in [-0.4, -0.2) is 6.04 Å². The van der Waals surface area contributed by atoms with Crippen LogP contribution in [0.2, 0.25) is 0 Å². The lowest BCUT2D eigenvalue weighted by Gasteiger charge is -2.29. The monoisotopic (exact) mass is 347 g/mol. The van der Waals surface area contributed by atoms with Crippen molar-refractivity contribution in [2.45, 2.75) is 59.4 Å². The number of hydrogen-bond donors (Lipinski definition) is 1. The van der Waals surface area contributed by atoms with E-state index in [0.29, 0.717) is 12.0 Å². The Labute approximate surface area is 159 Å². The van der Waals surface area contributed by atoms with Crippen LogP contribution in [0.25, 0.3) is 11.1 Å². The molecule has 1 fully saturated rings. The molecule has 3 rings (SSSR count). The Bertz CT molecular complexity index is 724. The fourth-order valence-corrected chi connectivity index (χ4v) is 3.99. The average Bonchev–Trinajstić information content (AvgIpc) is 2.59. The smallest absolute Gasteiger partial charge is 0.0445 e. The van der Waals surface area contributed by atoms with E-state index in [-0.39, 0.29) is 0 Å². The third kappa shape index (κ3) is 4.58. The highest BCUT2D eigenvalue weighted by Gasteiger charge is 2.21. The third-order valence-corrected chi connectivity index (χ3v) is 5.60. The first kappa shape index (κ1) is 18.8. The molecule has 1 aromatic rings. The van der Waals surface area contributed by atoms with E-state index >= 15 is 0 Å². The minimum atomic E-state index is 0.516. The van der Waals surface area contributed by atoms with Gasteiger partial charge in [-0.05, 0) is 60.0 Å². The van der Waals surface area contributed by atoms with Crippen LogP contribution in [0.3, 0.4) is 0 Å². The quantitative estimate of drug-likeness (QED) is 0.561. The van der Waals surface area contributed by atoms with Crippen molar-refractivity contribution in [3.63, 3.8) is 0 Å². The van der Waals surface area contributed by atoms with E-state index in [9.17, 15) is 0 Å². The summed E-state index contributed by atoms with van der Waals surface area (Å²) in [7, 11) is 0. The number of dihydropyridines is 1. The van der Waals surface area contributed by atoms with Gasteiger partial charge in [0.1, 0.15) is 0 Å². The van der Waals surface area contributed by atoms with Gasteiger partial charge in [0.15, 0.2) is 0 Å². The summed E-state index contributed by atoms with van der Waals surface area (Å²) in [5.41, 5.74) is 6.53. The lowest BCUT2D eigenvalue weighted by atomic mass is 9.80. The third-order valence-electron chi connectivity index (χ3n) is 5.60. The molecule has 1 aliphatic carbocycles. The molecule has 1 saturated carbocycles.